The van der Waals surface area contributed by atoms with Gasteiger partial charge in [0.25, 0.3) is 0 Å². The Kier molecular flexibility index (Phi) is 12.8. The number of likely N-dealkylation sites (N-methyl/N-ethyl adjacent to an activating group) is 1. The Morgan fingerprint density at radius 2 is 1.66 bits per heavy atom. The van der Waals surface area contributed by atoms with Crippen LogP contribution in [0.2, 0.25) is 0 Å². The van der Waals surface area contributed by atoms with Gasteiger partial charge in [-0.05, 0) is 36.5 Å². The summed E-state index contributed by atoms with van der Waals surface area (Å²) in [5.74, 6) is -3.77. The van der Waals surface area contributed by atoms with Gasteiger partial charge in [-0.25, -0.2) is 4.57 Å². The van der Waals surface area contributed by atoms with E-state index in [-0.39, 0.29) is 24.5 Å². The van der Waals surface area contributed by atoms with E-state index in [4.69, 9.17) is 15.5 Å². The van der Waals surface area contributed by atoms with E-state index in [1.54, 1.807) is 0 Å². The number of hydrogen-bond acceptors (Lipinski definition) is 7. The zero-order chi connectivity index (χ0) is 30.7. The number of carboxylic acids is 1. The number of hydrogen-bond donors (Lipinski definition) is 6. The molecule has 0 unspecified atom stereocenters. The fourth-order valence-corrected chi connectivity index (χ4v) is 5.31. The largest absolute Gasteiger partial charge is 0.524 e. The van der Waals surface area contributed by atoms with Crippen molar-refractivity contribution in [1.82, 2.24) is 15.5 Å². The molecule has 0 bridgehead atoms. The predicted octanol–water partition coefficient (Wildman–Crippen LogP) is 0.838. The molecule has 1 aliphatic rings. The van der Waals surface area contributed by atoms with E-state index in [0.717, 1.165) is 37.0 Å². The van der Waals surface area contributed by atoms with Gasteiger partial charge in [0.05, 0.1) is 0 Å². The lowest BCUT2D eigenvalue weighted by atomic mass is 9.84. The second-order valence-corrected chi connectivity index (χ2v) is 11.4. The summed E-state index contributed by atoms with van der Waals surface area (Å²) in [6, 6.07) is 2.01. The highest BCUT2D eigenvalue weighted by atomic mass is 31.2. The van der Waals surface area contributed by atoms with E-state index in [9.17, 15) is 33.6 Å². The number of carbonyl (C=O) groups excluding carboxylic acids is 4. The number of primary amides is 1. The molecule has 1 aliphatic carbocycles. The zero-order valence-corrected chi connectivity index (χ0v) is 24.0. The van der Waals surface area contributed by atoms with Gasteiger partial charge in [-0.15, -0.1) is 0 Å². The van der Waals surface area contributed by atoms with Crippen molar-refractivity contribution in [2.24, 2.45) is 11.7 Å². The number of amides is 4. The quantitative estimate of drug-likeness (QED) is 0.156. The number of rotatable bonds is 15. The number of phosphoric ester groups is 1. The summed E-state index contributed by atoms with van der Waals surface area (Å²) in [6.45, 7) is 1.20. The Morgan fingerprint density at radius 1 is 1.05 bits per heavy atom. The molecule has 0 aromatic heterocycles. The number of nitrogens with two attached hydrogens (primary N) is 1. The van der Waals surface area contributed by atoms with Gasteiger partial charge in [0.15, 0.2) is 0 Å². The van der Waals surface area contributed by atoms with Crippen LogP contribution in [0.15, 0.2) is 24.3 Å². The van der Waals surface area contributed by atoms with Crippen LogP contribution in [0.5, 0.6) is 5.75 Å². The van der Waals surface area contributed by atoms with Crippen molar-refractivity contribution in [2.75, 3.05) is 7.05 Å². The van der Waals surface area contributed by atoms with E-state index < -0.39 is 62.0 Å². The summed E-state index contributed by atoms with van der Waals surface area (Å²) in [5, 5.41) is 14.2. The van der Waals surface area contributed by atoms with Gasteiger partial charge in [-0.2, -0.15) is 0 Å². The van der Waals surface area contributed by atoms with Gasteiger partial charge < -0.3 is 30.9 Å². The lowest BCUT2D eigenvalue weighted by Gasteiger charge is -2.33. The number of nitrogens with zero attached hydrogens (tertiary/aromatic N) is 1. The second-order valence-electron chi connectivity index (χ2n) is 10.3. The summed E-state index contributed by atoms with van der Waals surface area (Å²) < 4.78 is 15.5. The molecule has 41 heavy (non-hydrogen) atoms. The molecule has 4 amide bonds. The molecule has 7 N–H and O–H groups in total. The van der Waals surface area contributed by atoms with E-state index in [0.29, 0.717) is 12.0 Å². The number of nitrogens with one attached hydrogen (secondary N) is 2. The van der Waals surface area contributed by atoms with Crippen molar-refractivity contribution in [1.29, 1.82) is 0 Å². The van der Waals surface area contributed by atoms with Crippen LogP contribution in [0.1, 0.15) is 63.9 Å². The number of benzene rings is 1. The lowest BCUT2D eigenvalue weighted by Crippen LogP contribution is -2.57. The van der Waals surface area contributed by atoms with Crippen molar-refractivity contribution in [3.8, 4) is 5.75 Å². The maximum absolute atomic E-state index is 13.5. The monoisotopic (exact) mass is 598 g/mol. The van der Waals surface area contributed by atoms with E-state index in [1.165, 1.54) is 38.2 Å². The molecule has 0 saturated heterocycles. The number of aliphatic carboxylic acids is 1. The smallest absolute Gasteiger partial charge is 0.481 e. The lowest BCUT2D eigenvalue weighted by molar-refractivity contribution is -0.143. The second kappa shape index (κ2) is 15.5. The van der Waals surface area contributed by atoms with E-state index >= 15 is 0 Å². The van der Waals surface area contributed by atoms with Crippen molar-refractivity contribution in [3.63, 3.8) is 0 Å². The molecule has 3 atom stereocenters. The minimum Gasteiger partial charge on any atom is -0.481 e. The standard InChI is InChI=1S/C26H39N4O10P/c1-16(31)28-21(14-18-8-10-19(11-9-18)40-41(37,38)39)25(35)29-20(12-13-23(32)33)26(36)30(2)22(24(27)34)15-17-6-4-3-5-7-17/h8-11,17,20-22H,3-7,12-15H2,1-2H3,(H2,27,34)(H,28,31)(H,29,35)(H,32,33)(H2,37,38,39)/t20-,21-,22+/m0/s1. The Bertz CT molecular complexity index is 1130. The Hall–Kier alpha value is -3.48. The molecule has 228 valence electrons. The van der Waals surface area contributed by atoms with Crippen LogP contribution in [0.4, 0.5) is 0 Å². The normalized spacial score (nSPS) is 16.1. The molecule has 0 heterocycles. The molecule has 1 aromatic rings. The third-order valence-corrected chi connectivity index (χ3v) is 7.42. The molecular weight excluding hydrogens is 559 g/mol. The molecule has 0 radical (unpaired) electrons. The van der Waals surface area contributed by atoms with Gasteiger partial charge in [0, 0.05) is 26.8 Å². The third-order valence-electron chi connectivity index (χ3n) is 6.97. The van der Waals surface area contributed by atoms with Gasteiger partial charge in [-0.3, -0.25) is 33.8 Å². The number of phosphoric acid groups is 1. The minimum absolute atomic E-state index is 0.0666. The topological polar surface area (TPSA) is 226 Å². The molecule has 1 aromatic carbocycles. The molecule has 0 spiro atoms. The highest BCUT2D eigenvalue weighted by Gasteiger charge is 2.34. The highest BCUT2D eigenvalue weighted by Crippen LogP contribution is 2.37. The molecular formula is C26H39N4O10P. The first kappa shape index (κ1) is 33.7. The van der Waals surface area contributed by atoms with Gasteiger partial charge >= 0.3 is 13.8 Å². The van der Waals surface area contributed by atoms with Crippen LogP contribution in [0.3, 0.4) is 0 Å². The van der Waals surface area contributed by atoms with Crippen molar-refractivity contribution in [3.05, 3.63) is 29.8 Å². The zero-order valence-electron chi connectivity index (χ0n) is 23.2. The summed E-state index contributed by atoms with van der Waals surface area (Å²) in [6.07, 6.45) is 4.57. The Labute approximate surface area is 238 Å². The summed E-state index contributed by atoms with van der Waals surface area (Å²) >= 11 is 0. The van der Waals surface area contributed by atoms with Gasteiger partial charge in [0.2, 0.25) is 23.6 Å². The predicted molar refractivity (Wildman–Crippen MR) is 146 cm³/mol. The van der Waals surface area contributed by atoms with Crippen molar-refractivity contribution in [2.45, 2.75) is 82.8 Å². The molecule has 15 heteroatoms. The third kappa shape index (κ3) is 11.9. The highest BCUT2D eigenvalue weighted by molar-refractivity contribution is 7.46. The SMILES string of the molecule is CC(=O)N[C@@H](Cc1ccc(OP(=O)(O)O)cc1)C(=O)N[C@@H](CCC(=O)O)C(=O)N(C)[C@H](CC1CCCCC1)C(N)=O. The number of carbonyl (C=O) groups is 5. The van der Waals surface area contributed by atoms with E-state index in [1.807, 2.05) is 0 Å². The summed E-state index contributed by atoms with van der Waals surface area (Å²) in [4.78, 5) is 81.3. The first-order valence-corrected chi connectivity index (χ1v) is 14.9. The average Bonchev–Trinajstić information content (AvgIpc) is 2.88. The average molecular weight is 599 g/mol. The summed E-state index contributed by atoms with van der Waals surface area (Å²) in [5.41, 5.74) is 6.13. The summed E-state index contributed by atoms with van der Waals surface area (Å²) in [7, 11) is -3.37. The molecule has 1 saturated carbocycles. The van der Waals surface area contributed by atoms with Crippen LogP contribution in [-0.4, -0.2) is 74.6 Å². The first-order valence-electron chi connectivity index (χ1n) is 13.4. The molecule has 1 fully saturated rings. The maximum atomic E-state index is 13.5. The van der Waals surface area contributed by atoms with Gasteiger partial charge in [0.1, 0.15) is 23.9 Å². The van der Waals surface area contributed by atoms with Crippen LogP contribution < -0.4 is 20.9 Å². The van der Waals surface area contributed by atoms with Crippen LogP contribution in [-0.2, 0) is 35.0 Å². The van der Waals surface area contributed by atoms with Crippen LogP contribution >= 0.6 is 7.82 Å². The molecule has 0 aliphatic heterocycles. The Balaban J connectivity index is 2.21. The van der Waals surface area contributed by atoms with Crippen molar-refractivity contribution < 1.29 is 48.0 Å². The Morgan fingerprint density at radius 3 is 2.17 bits per heavy atom. The van der Waals surface area contributed by atoms with Crippen LogP contribution in [0, 0.1) is 5.92 Å². The number of carboxylic acid groups (broad SMARTS) is 1. The maximum Gasteiger partial charge on any atom is 0.524 e. The minimum atomic E-state index is -4.76. The fraction of sp³-hybridized carbons (Fsp3) is 0.577. The molecule has 2 rings (SSSR count). The van der Waals surface area contributed by atoms with Gasteiger partial charge in [-0.1, -0.05) is 44.2 Å². The van der Waals surface area contributed by atoms with E-state index in [2.05, 4.69) is 15.2 Å². The molecule has 14 nitrogen and oxygen atoms in total. The first-order chi connectivity index (χ1) is 19.2. The fourth-order valence-electron chi connectivity index (χ4n) is 4.91. The van der Waals surface area contributed by atoms with Crippen LogP contribution in [0.25, 0.3) is 0 Å². The van der Waals surface area contributed by atoms with Crippen molar-refractivity contribution >= 4 is 37.4 Å².